The number of halogens is 4. The summed E-state index contributed by atoms with van der Waals surface area (Å²) < 4.78 is 51.2. The number of nitrogens with one attached hydrogen (secondary N) is 1. The van der Waals surface area contributed by atoms with Crippen LogP contribution in [0.2, 0.25) is 0 Å². The Labute approximate surface area is 122 Å². The van der Waals surface area contributed by atoms with Crippen LogP contribution >= 0.6 is 11.8 Å². The Kier molecular flexibility index (Phi) is 4.95. The fraction of sp³-hybridized carbons (Fsp3) is 0.143. The smallest absolute Gasteiger partial charge is 0.288 e. The lowest BCUT2D eigenvalue weighted by molar-refractivity contribution is 0.252. The number of rotatable bonds is 5. The predicted octanol–water partition coefficient (Wildman–Crippen LogP) is 4.60. The van der Waals surface area contributed by atoms with Crippen molar-refractivity contribution in [3.8, 4) is 5.75 Å². The van der Waals surface area contributed by atoms with Crippen LogP contribution in [-0.2, 0) is 6.54 Å². The molecule has 2 aromatic carbocycles. The molecule has 0 bridgehead atoms. The number of phenolic OH excluding ortho intramolecular Hbond substituents is 1. The number of hydrogen-bond donors (Lipinski definition) is 2. The average Bonchev–Trinajstić information content (AvgIpc) is 2.43. The van der Waals surface area contributed by atoms with E-state index in [9.17, 15) is 17.6 Å². The van der Waals surface area contributed by atoms with Gasteiger partial charge in [-0.05, 0) is 29.8 Å². The molecule has 0 fully saturated rings. The van der Waals surface area contributed by atoms with Crippen molar-refractivity contribution in [3.63, 3.8) is 0 Å². The molecule has 0 aromatic heterocycles. The largest absolute Gasteiger partial charge is 0.503 e. The molecule has 0 spiro atoms. The van der Waals surface area contributed by atoms with Gasteiger partial charge in [0.2, 0.25) is 0 Å². The number of benzene rings is 2. The zero-order valence-corrected chi connectivity index (χ0v) is 11.4. The summed E-state index contributed by atoms with van der Waals surface area (Å²) in [6.45, 7) is 0.0366. The first-order valence-corrected chi connectivity index (χ1v) is 6.80. The Bertz CT molecular complexity index is 613. The van der Waals surface area contributed by atoms with Crippen LogP contribution < -0.4 is 5.32 Å². The third kappa shape index (κ3) is 4.04. The lowest BCUT2D eigenvalue weighted by Crippen LogP contribution is -2.02. The van der Waals surface area contributed by atoms with Gasteiger partial charge in [-0.15, -0.1) is 0 Å². The van der Waals surface area contributed by atoms with Crippen molar-refractivity contribution in [2.24, 2.45) is 0 Å². The molecule has 0 unspecified atom stereocenters. The third-order valence-corrected chi connectivity index (χ3v) is 3.45. The molecule has 112 valence electrons. The van der Waals surface area contributed by atoms with E-state index in [-0.39, 0.29) is 12.1 Å². The van der Waals surface area contributed by atoms with E-state index in [4.69, 9.17) is 5.11 Å². The minimum absolute atomic E-state index is 0.0366. The van der Waals surface area contributed by atoms with E-state index in [0.717, 1.165) is 12.1 Å². The SMILES string of the molecule is Oc1c(F)cc(CNc2ccccc2SC(F)F)cc1F. The predicted molar refractivity (Wildman–Crippen MR) is 73.7 cm³/mol. The number of para-hydroxylation sites is 1. The fourth-order valence-corrected chi connectivity index (χ4v) is 2.35. The second kappa shape index (κ2) is 6.71. The minimum Gasteiger partial charge on any atom is -0.503 e. The van der Waals surface area contributed by atoms with Crippen LogP contribution in [0, 0.1) is 11.6 Å². The van der Waals surface area contributed by atoms with Gasteiger partial charge in [-0.3, -0.25) is 0 Å². The number of alkyl halides is 2. The Balaban J connectivity index is 2.13. The number of aromatic hydroxyl groups is 1. The average molecular weight is 317 g/mol. The molecule has 2 aromatic rings. The molecule has 0 saturated carbocycles. The number of phenols is 1. The molecule has 0 aliphatic heterocycles. The van der Waals surface area contributed by atoms with E-state index in [2.05, 4.69) is 5.32 Å². The van der Waals surface area contributed by atoms with Crippen molar-refractivity contribution in [1.29, 1.82) is 0 Å². The maximum absolute atomic E-state index is 13.2. The second-order valence-electron chi connectivity index (χ2n) is 4.14. The highest BCUT2D eigenvalue weighted by atomic mass is 32.2. The molecule has 0 saturated heterocycles. The molecule has 0 radical (unpaired) electrons. The van der Waals surface area contributed by atoms with Crippen LogP contribution in [0.5, 0.6) is 5.75 Å². The van der Waals surface area contributed by atoms with E-state index >= 15 is 0 Å². The fourth-order valence-electron chi connectivity index (χ4n) is 1.73. The molecule has 0 aliphatic rings. The molecule has 0 aliphatic carbocycles. The monoisotopic (exact) mass is 317 g/mol. The van der Waals surface area contributed by atoms with Crippen molar-refractivity contribution in [3.05, 3.63) is 53.6 Å². The maximum Gasteiger partial charge on any atom is 0.288 e. The highest BCUT2D eigenvalue weighted by Crippen LogP contribution is 2.32. The van der Waals surface area contributed by atoms with Gasteiger partial charge in [0.15, 0.2) is 17.4 Å². The van der Waals surface area contributed by atoms with E-state index in [1.807, 2.05) is 0 Å². The van der Waals surface area contributed by atoms with Gasteiger partial charge < -0.3 is 10.4 Å². The van der Waals surface area contributed by atoms with Crippen LogP contribution in [-0.4, -0.2) is 10.9 Å². The van der Waals surface area contributed by atoms with Crippen molar-refractivity contribution in [2.75, 3.05) is 5.32 Å². The third-order valence-electron chi connectivity index (χ3n) is 2.66. The molecule has 21 heavy (non-hydrogen) atoms. The standard InChI is InChI=1S/C14H11F4NOS/c15-9-5-8(6-10(16)13(9)20)7-19-11-3-1-2-4-12(11)21-14(17)18/h1-6,14,19-20H,7H2. The zero-order chi connectivity index (χ0) is 15.4. The summed E-state index contributed by atoms with van der Waals surface area (Å²) in [4.78, 5) is 0.340. The summed E-state index contributed by atoms with van der Waals surface area (Å²) >= 11 is 0.385. The Morgan fingerprint density at radius 2 is 1.71 bits per heavy atom. The summed E-state index contributed by atoms with van der Waals surface area (Å²) in [5.41, 5.74) is 0.691. The molecule has 0 heterocycles. The first-order chi connectivity index (χ1) is 9.97. The Morgan fingerprint density at radius 3 is 2.33 bits per heavy atom. The molecule has 0 atom stereocenters. The van der Waals surface area contributed by atoms with Crippen LogP contribution in [0.15, 0.2) is 41.3 Å². The topological polar surface area (TPSA) is 32.3 Å². The van der Waals surface area contributed by atoms with Gasteiger partial charge in [0, 0.05) is 17.1 Å². The molecular formula is C14H11F4NOS. The quantitative estimate of drug-likeness (QED) is 0.624. The van der Waals surface area contributed by atoms with Crippen molar-refractivity contribution in [1.82, 2.24) is 0 Å². The van der Waals surface area contributed by atoms with Crippen LogP contribution in [0.25, 0.3) is 0 Å². The van der Waals surface area contributed by atoms with E-state index < -0.39 is 23.1 Å². The summed E-state index contributed by atoms with van der Waals surface area (Å²) in [6.07, 6.45) is 0. The molecule has 2 nitrogen and oxygen atoms in total. The maximum atomic E-state index is 13.2. The van der Waals surface area contributed by atoms with Gasteiger partial charge in [-0.1, -0.05) is 23.9 Å². The van der Waals surface area contributed by atoms with E-state index in [0.29, 0.717) is 22.3 Å². The minimum atomic E-state index is -2.56. The van der Waals surface area contributed by atoms with Gasteiger partial charge in [-0.2, -0.15) is 8.78 Å². The first-order valence-electron chi connectivity index (χ1n) is 5.92. The Hall–Kier alpha value is -1.89. The van der Waals surface area contributed by atoms with Crippen LogP contribution in [0.4, 0.5) is 23.2 Å². The van der Waals surface area contributed by atoms with Gasteiger partial charge in [0.25, 0.3) is 5.76 Å². The normalized spacial score (nSPS) is 10.9. The van der Waals surface area contributed by atoms with Crippen molar-refractivity contribution in [2.45, 2.75) is 17.2 Å². The molecule has 0 amide bonds. The Morgan fingerprint density at radius 1 is 1.10 bits per heavy atom. The summed E-state index contributed by atoms with van der Waals surface area (Å²) in [5, 5.41) is 11.8. The lowest BCUT2D eigenvalue weighted by Gasteiger charge is -2.12. The molecule has 7 heteroatoms. The molecule has 2 N–H and O–H groups in total. The van der Waals surface area contributed by atoms with Crippen molar-refractivity contribution < 1.29 is 22.7 Å². The van der Waals surface area contributed by atoms with E-state index in [1.165, 1.54) is 6.07 Å². The highest BCUT2D eigenvalue weighted by Gasteiger charge is 2.11. The second-order valence-corrected chi connectivity index (χ2v) is 5.17. The first kappa shape index (κ1) is 15.5. The van der Waals surface area contributed by atoms with Crippen LogP contribution in [0.1, 0.15) is 5.56 Å². The lowest BCUT2D eigenvalue weighted by atomic mass is 10.2. The number of anilines is 1. The summed E-state index contributed by atoms with van der Waals surface area (Å²) in [6, 6.07) is 8.36. The zero-order valence-electron chi connectivity index (χ0n) is 10.6. The summed E-state index contributed by atoms with van der Waals surface area (Å²) in [7, 11) is 0. The number of thioether (sulfide) groups is 1. The van der Waals surface area contributed by atoms with Crippen LogP contribution in [0.3, 0.4) is 0 Å². The highest BCUT2D eigenvalue weighted by molar-refractivity contribution is 7.99. The number of hydrogen-bond acceptors (Lipinski definition) is 3. The van der Waals surface area contributed by atoms with Gasteiger partial charge >= 0.3 is 0 Å². The van der Waals surface area contributed by atoms with Crippen molar-refractivity contribution >= 4 is 17.4 Å². The van der Waals surface area contributed by atoms with E-state index in [1.54, 1.807) is 18.2 Å². The van der Waals surface area contributed by atoms with Gasteiger partial charge in [-0.25, -0.2) is 8.78 Å². The van der Waals surface area contributed by atoms with Gasteiger partial charge in [0.1, 0.15) is 0 Å². The summed E-state index contributed by atoms with van der Waals surface area (Å²) in [5.74, 6) is -5.73. The molecular weight excluding hydrogens is 306 g/mol. The molecule has 2 rings (SSSR count). The van der Waals surface area contributed by atoms with Gasteiger partial charge in [0.05, 0.1) is 0 Å².